The molecule has 3 aliphatic rings. The number of halogens is 1. The van der Waals surface area contributed by atoms with Gasteiger partial charge in [-0.15, -0.1) is 11.3 Å². The number of hydrogen-bond donors (Lipinski definition) is 2. The molecule has 4 aromatic rings. The molecule has 3 aromatic carbocycles. The van der Waals surface area contributed by atoms with Crippen LogP contribution in [0.2, 0.25) is 0 Å². The van der Waals surface area contributed by atoms with E-state index in [4.69, 9.17) is 26.5 Å². The Labute approximate surface area is 294 Å². The summed E-state index contributed by atoms with van der Waals surface area (Å²) in [7, 11) is 4.95. The number of aliphatic imine (C=N–C) groups is 2. The zero-order valence-electron chi connectivity index (χ0n) is 28.4. The average molecular weight is 692 g/mol. The highest BCUT2D eigenvalue weighted by atomic mass is 32.1. The van der Waals surface area contributed by atoms with Gasteiger partial charge < -0.3 is 16.2 Å². The van der Waals surface area contributed by atoms with E-state index in [0.717, 1.165) is 57.7 Å². The highest BCUT2D eigenvalue weighted by Crippen LogP contribution is 2.45. The highest BCUT2D eigenvalue weighted by molar-refractivity contribution is 7.10. The minimum Gasteiger partial charge on any atom is -0.497 e. The van der Waals surface area contributed by atoms with E-state index < -0.39 is 16.9 Å². The van der Waals surface area contributed by atoms with E-state index in [1.807, 2.05) is 42.6 Å². The number of methoxy groups -OCH3 is 1. The SMILES string of the molecule is CN1C(=O)C[C@@](C)(c2cc(-c3ccc(F)c(C#N)c3)cs2)N=C1N.COc1cccc(-c2ccc3c(c2)[C@]2(CCC3)CC(=O)N(C)C(N)=N2)c1. The summed E-state index contributed by atoms with van der Waals surface area (Å²) in [4.78, 5) is 37.5. The molecular formula is C38H38FN7O3S. The molecule has 7 rings (SSSR count). The lowest BCUT2D eigenvalue weighted by atomic mass is 9.73. The zero-order chi connectivity index (χ0) is 35.8. The van der Waals surface area contributed by atoms with Crippen LogP contribution in [-0.2, 0) is 27.1 Å². The normalized spacial score (nSPS) is 21.4. The van der Waals surface area contributed by atoms with E-state index in [9.17, 15) is 14.0 Å². The number of nitrogens with two attached hydrogens (primary N) is 2. The number of benzene rings is 3. The number of guanidine groups is 2. The summed E-state index contributed by atoms with van der Waals surface area (Å²) in [5, 5.41) is 10.9. The molecule has 10 nitrogen and oxygen atoms in total. The van der Waals surface area contributed by atoms with Crippen LogP contribution in [0.15, 0.2) is 82.1 Å². The van der Waals surface area contributed by atoms with Gasteiger partial charge in [0.05, 0.1) is 31.1 Å². The molecule has 0 saturated carbocycles. The third kappa shape index (κ3) is 6.44. The van der Waals surface area contributed by atoms with E-state index in [1.165, 1.54) is 38.8 Å². The molecule has 0 bridgehead atoms. The zero-order valence-corrected chi connectivity index (χ0v) is 29.2. The fraction of sp³-hybridized carbons (Fsp3) is 0.289. The van der Waals surface area contributed by atoms with Gasteiger partial charge in [-0.2, -0.15) is 5.26 Å². The van der Waals surface area contributed by atoms with E-state index in [-0.39, 0.29) is 29.8 Å². The second-order valence-electron chi connectivity index (χ2n) is 13.0. The Morgan fingerprint density at radius 2 is 1.58 bits per heavy atom. The number of rotatable bonds is 4. The van der Waals surface area contributed by atoms with Crippen molar-refractivity contribution in [2.45, 2.75) is 50.1 Å². The van der Waals surface area contributed by atoms with E-state index >= 15 is 0 Å². The maximum atomic E-state index is 13.5. The highest BCUT2D eigenvalue weighted by Gasteiger charge is 2.43. The van der Waals surface area contributed by atoms with E-state index in [2.05, 4.69) is 29.3 Å². The largest absolute Gasteiger partial charge is 0.497 e. The van der Waals surface area contributed by atoms with Crippen molar-refractivity contribution in [2.75, 3.05) is 21.2 Å². The number of hydrogen-bond acceptors (Lipinski definition) is 9. The molecule has 2 amide bonds. The molecule has 1 spiro atoms. The van der Waals surface area contributed by atoms with Gasteiger partial charge in [0.1, 0.15) is 23.2 Å². The maximum absolute atomic E-state index is 13.5. The molecule has 0 radical (unpaired) electrons. The first kappa shape index (κ1) is 34.3. The van der Waals surface area contributed by atoms with Gasteiger partial charge in [0.25, 0.3) is 0 Å². The van der Waals surface area contributed by atoms with Crippen molar-refractivity contribution in [3.05, 3.63) is 99.5 Å². The standard InChI is InChI=1S/C21H23N3O2.C17H15FN4OS/c1-24-19(25)13-21(23-20(24)22)10-4-6-14-8-9-16(12-18(14)21)15-5-3-7-17(11-15)26-2;1-17(7-15(23)22(2)16(20)21-17)14-6-12(9-24-14)10-3-4-13(18)11(5-10)8-19/h3,5,7-9,11-12H,4,6,10,13H2,1-2H3,(H2,22,23);3-6,9H,7H2,1-2H3,(H2,20,21)/t21-;17-/m00/s1. The van der Waals surface area contributed by atoms with Crippen molar-refractivity contribution in [3.63, 3.8) is 0 Å². The van der Waals surface area contributed by atoms with Gasteiger partial charge in [-0.05, 0) is 101 Å². The summed E-state index contributed by atoms with van der Waals surface area (Å²) in [6.45, 7) is 1.87. The molecule has 256 valence electrons. The van der Waals surface area contributed by atoms with Crippen LogP contribution in [-0.4, -0.2) is 54.7 Å². The Morgan fingerprint density at radius 1 is 0.900 bits per heavy atom. The molecule has 0 saturated heterocycles. The number of aryl methyl sites for hydroxylation is 1. The second kappa shape index (κ2) is 13.4. The summed E-state index contributed by atoms with van der Waals surface area (Å²) in [5.74, 6) is 0.720. The van der Waals surface area contributed by atoms with Gasteiger partial charge in [-0.3, -0.25) is 19.4 Å². The predicted octanol–water partition coefficient (Wildman–Crippen LogP) is 5.89. The molecule has 1 aliphatic carbocycles. The summed E-state index contributed by atoms with van der Waals surface area (Å²) in [6, 6.07) is 22.7. The molecular weight excluding hydrogens is 654 g/mol. The van der Waals surface area contributed by atoms with Crippen LogP contribution in [0.3, 0.4) is 0 Å². The van der Waals surface area contributed by atoms with E-state index in [1.54, 1.807) is 27.3 Å². The minimum absolute atomic E-state index is 0.00296. The van der Waals surface area contributed by atoms with Gasteiger partial charge in [0, 0.05) is 19.0 Å². The average Bonchev–Trinajstić information content (AvgIpc) is 3.62. The van der Waals surface area contributed by atoms with Crippen molar-refractivity contribution < 1.29 is 18.7 Å². The summed E-state index contributed by atoms with van der Waals surface area (Å²) >= 11 is 1.46. The maximum Gasteiger partial charge on any atom is 0.231 e. The number of carbonyl (C=O) groups excluding carboxylic acids is 2. The Kier molecular flexibility index (Phi) is 9.20. The molecule has 3 heterocycles. The van der Waals surface area contributed by atoms with Crippen molar-refractivity contribution in [1.29, 1.82) is 5.26 Å². The smallest absolute Gasteiger partial charge is 0.231 e. The third-order valence-electron chi connectivity index (χ3n) is 9.67. The van der Waals surface area contributed by atoms with Crippen LogP contribution >= 0.6 is 11.3 Å². The molecule has 4 N–H and O–H groups in total. The molecule has 2 atom stereocenters. The van der Waals surface area contributed by atoms with Crippen LogP contribution in [0.25, 0.3) is 22.3 Å². The molecule has 2 aliphatic heterocycles. The summed E-state index contributed by atoms with van der Waals surface area (Å²) in [5.41, 5.74) is 16.8. The van der Waals surface area contributed by atoms with Crippen molar-refractivity contribution in [3.8, 4) is 34.1 Å². The van der Waals surface area contributed by atoms with Crippen LogP contribution in [0.5, 0.6) is 5.75 Å². The summed E-state index contributed by atoms with van der Waals surface area (Å²) < 4.78 is 18.8. The predicted molar refractivity (Wildman–Crippen MR) is 193 cm³/mol. The number of thiophene rings is 1. The fourth-order valence-corrected chi connectivity index (χ4v) is 7.68. The molecule has 0 fully saturated rings. The first-order valence-electron chi connectivity index (χ1n) is 16.2. The lowest BCUT2D eigenvalue weighted by molar-refractivity contribution is -0.129. The van der Waals surface area contributed by atoms with Gasteiger partial charge in [0.2, 0.25) is 11.8 Å². The summed E-state index contributed by atoms with van der Waals surface area (Å²) in [6.07, 6.45) is 3.48. The van der Waals surface area contributed by atoms with Gasteiger partial charge in [-0.1, -0.05) is 30.3 Å². The number of fused-ring (bicyclic) bond motifs is 2. The quantitative estimate of drug-likeness (QED) is 0.273. The lowest BCUT2D eigenvalue weighted by Gasteiger charge is -2.40. The van der Waals surface area contributed by atoms with Gasteiger partial charge in [0.15, 0.2) is 11.9 Å². The van der Waals surface area contributed by atoms with Crippen LogP contribution in [0.1, 0.15) is 54.2 Å². The van der Waals surface area contributed by atoms with Crippen LogP contribution < -0.4 is 16.2 Å². The van der Waals surface area contributed by atoms with Crippen molar-refractivity contribution >= 4 is 35.1 Å². The third-order valence-corrected chi connectivity index (χ3v) is 10.8. The molecule has 50 heavy (non-hydrogen) atoms. The van der Waals surface area contributed by atoms with Crippen molar-refractivity contribution in [2.24, 2.45) is 21.5 Å². The Morgan fingerprint density at radius 3 is 2.28 bits per heavy atom. The molecule has 12 heteroatoms. The second-order valence-corrected chi connectivity index (χ2v) is 13.9. The van der Waals surface area contributed by atoms with Gasteiger partial charge >= 0.3 is 0 Å². The Balaban J connectivity index is 0.000000174. The molecule has 0 unspecified atom stereocenters. The van der Waals surface area contributed by atoms with Gasteiger partial charge in [-0.25, -0.2) is 14.4 Å². The topological polar surface area (TPSA) is 150 Å². The van der Waals surface area contributed by atoms with E-state index in [0.29, 0.717) is 12.4 Å². The lowest BCUT2D eigenvalue weighted by Crippen LogP contribution is -2.49. The van der Waals surface area contributed by atoms with Crippen LogP contribution in [0.4, 0.5) is 4.39 Å². The number of ether oxygens (including phenoxy) is 1. The minimum atomic E-state index is -0.714. The number of nitriles is 1. The monoisotopic (exact) mass is 691 g/mol. The number of nitrogens with zero attached hydrogens (tertiary/aromatic N) is 5. The first-order chi connectivity index (χ1) is 23.9. The van der Waals surface area contributed by atoms with Crippen LogP contribution in [0, 0.1) is 17.1 Å². The first-order valence-corrected chi connectivity index (χ1v) is 17.0. The van der Waals surface area contributed by atoms with Crippen molar-refractivity contribution in [1.82, 2.24) is 9.80 Å². The number of amides is 2. The Bertz CT molecular complexity index is 2100. The fourth-order valence-electron chi connectivity index (χ4n) is 6.66. The number of carbonyl (C=O) groups is 2. The Hall–Kier alpha value is -5.54. The molecule has 1 aromatic heterocycles.